The lowest BCUT2D eigenvalue weighted by atomic mass is 10.2. The molecule has 0 atom stereocenters. The summed E-state index contributed by atoms with van der Waals surface area (Å²) >= 11 is 0. The molecule has 0 aliphatic heterocycles. The van der Waals surface area contributed by atoms with E-state index in [1.807, 2.05) is 18.2 Å². The SMILES string of the molecule is CCCCCCNC(=O)NCCCCNC(=O)Oc1ccccc1. The average Bonchev–Trinajstić information content (AvgIpc) is 2.58. The summed E-state index contributed by atoms with van der Waals surface area (Å²) in [6.07, 6.45) is 5.70. The van der Waals surface area contributed by atoms with Crippen LogP contribution in [0.5, 0.6) is 5.75 Å². The van der Waals surface area contributed by atoms with Crippen LogP contribution in [0.3, 0.4) is 0 Å². The van der Waals surface area contributed by atoms with Crippen LogP contribution in [0.4, 0.5) is 9.59 Å². The number of hydrogen-bond acceptors (Lipinski definition) is 3. The van der Waals surface area contributed by atoms with Gasteiger partial charge in [0, 0.05) is 19.6 Å². The van der Waals surface area contributed by atoms with Crippen molar-refractivity contribution < 1.29 is 14.3 Å². The molecule has 0 aliphatic carbocycles. The monoisotopic (exact) mass is 335 g/mol. The van der Waals surface area contributed by atoms with Crippen LogP contribution in [-0.4, -0.2) is 31.8 Å². The lowest BCUT2D eigenvalue weighted by Gasteiger charge is -2.08. The van der Waals surface area contributed by atoms with Crippen LogP contribution in [-0.2, 0) is 0 Å². The maximum atomic E-state index is 11.5. The van der Waals surface area contributed by atoms with Crippen molar-refractivity contribution in [2.75, 3.05) is 19.6 Å². The van der Waals surface area contributed by atoms with Crippen LogP contribution in [0.1, 0.15) is 45.4 Å². The van der Waals surface area contributed by atoms with Crippen molar-refractivity contribution >= 4 is 12.1 Å². The van der Waals surface area contributed by atoms with Gasteiger partial charge < -0.3 is 20.7 Å². The molecule has 1 rings (SSSR count). The van der Waals surface area contributed by atoms with Gasteiger partial charge in [0.1, 0.15) is 5.75 Å². The van der Waals surface area contributed by atoms with Crippen molar-refractivity contribution in [3.8, 4) is 5.75 Å². The van der Waals surface area contributed by atoms with Crippen molar-refractivity contribution in [1.29, 1.82) is 0 Å². The van der Waals surface area contributed by atoms with Gasteiger partial charge in [-0.2, -0.15) is 0 Å². The van der Waals surface area contributed by atoms with E-state index >= 15 is 0 Å². The molecular formula is C18H29N3O3. The molecule has 24 heavy (non-hydrogen) atoms. The van der Waals surface area contributed by atoms with Gasteiger partial charge in [-0.3, -0.25) is 0 Å². The highest BCUT2D eigenvalue weighted by molar-refractivity contribution is 5.73. The fourth-order valence-corrected chi connectivity index (χ4v) is 2.09. The topological polar surface area (TPSA) is 79.5 Å². The zero-order chi connectivity index (χ0) is 17.5. The summed E-state index contributed by atoms with van der Waals surface area (Å²) in [4.78, 5) is 23.0. The number of para-hydroxylation sites is 1. The molecule has 1 aromatic rings. The molecule has 0 heterocycles. The molecular weight excluding hydrogens is 306 g/mol. The Morgan fingerprint density at radius 1 is 0.833 bits per heavy atom. The molecule has 3 N–H and O–H groups in total. The van der Waals surface area contributed by atoms with Gasteiger partial charge in [-0.1, -0.05) is 44.4 Å². The number of carbonyl (C=O) groups excluding carboxylic acids is 2. The third-order valence-corrected chi connectivity index (χ3v) is 3.43. The predicted molar refractivity (Wildman–Crippen MR) is 95.2 cm³/mol. The number of ether oxygens (including phenoxy) is 1. The molecule has 0 fully saturated rings. The van der Waals surface area contributed by atoms with E-state index in [2.05, 4.69) is 22.9 Å². The highest BCUT2D eigenvalue weighted by Crippen LogP contribution is 2.07. The molecule has 0 unspecified atom stereocenters. The van der Waals surface area contributed by atoms with Crippen molar-refractivity contribution in [2.24, 2.45) is 0 Å². The highest BCUT2D eigenvalue weighted by atomic mass is 16.6. The third-order valence-electron chi connectivity index (χ3n) is 3.43. The van der Waals surface area contributed by atoms with Crippen molar-refractivity contribution in [3.05, 3.63) is 30.3 Å². The zero-order valence-corrected chi connectivity index (χ0v) is 14.5. The second-order valence-corrected chi connectivity index (χ2v) is 5.58. The second-order valence-electron chi connectivity index (χ2n) is 5.58. The van der Waals surface area contributed by atoms with Crippen LogP contribution in [0, 0.1) is 0 Å². The van der Waals surface area contributed by atoms with Gasteiger partial charge in [0.25, 0.3) is 0 Å². The molecule has 0 saturated carbocycles. The highest BCUT2D eigenvalue weighted by Gasteiger charge is 2.03. The lowest BCUT2D eigenvalue weighted by Crippen LogP contribution is -2.36. The van der Waals surface area contributed by atoms with Crippen molar-refractivity contribution in [3.63, 3.8) is 0 Å². The quantitative estimate of drug-likeness (QED) is 0.542. The molecule has 6 heteroatoms. The number of urea groups is 1. The summed E-state index contributed by atoms with van der Waals surface area (Å²) in [6, 6.07) is 8.81. The molecule has 0 aromatic heterocycles. The van der Waals surface area contributed by atoms with E-state index in [4.69, 9.17) is 4.74 Å². The summed E-state index contributed by atoms with van der Waals surface area (Å²) < 4.78 is 5.10. The molecule has 1 aromatic carbocycles. The maximum absolute atomic E-state index is 11.5. The van der Waals surface area contributed by atoms with E-state index in [9.17, 15) is 9.59 Å². The van der Waals surface area contributed by atoms with E-state index < -0.39 is 6.09 Å². The van der Waals surface area contributed by atoms with Gasteiger partial charge in [-0.25, -0.2) is 9.59 Å². The van der Waals surface area contributed by atoms with Gasteiger partial charge in [-0.05, 0) is 31.4 Å². The maximum Gasteiger partial charge on any atom is 0.412 e. The number of amides is 3. The lowest BCUT2D eigenvalue weighted by molar-refractivity contribution is 0.200. The predicted octanol–water partition coefficient (Wildman–Crippen LogP) is 3.43. The van der Waals surface area contributed by atoms with E-state index in [1.54, 1.807) is 12.1 Å². The van der Waals surface area contributed by atoms with Crippen molar-refractivity contribution in [1.82, 2.24) is 16.0 Å². The van der Waals surface area contributed by atoms with Gasteiger partial charge in [0.05, 0.1) is 0 Å². The molecule has 0 aliphatic rings. The Morgan fingerprint density at radius 2 is 1.42 bits per heavy atom. The fraction of sp³-hybridized carbons (Fsp3) is 0.556. The molecule has 6 nitrogen and oxygen atoms in total. The Balaban J connectivity index is 1.92. The minimum atomic E-state index is -0.459. The number of unbranched alkanes of at least 4 members (excludes halogenated alkanes) is 4. The Morgan fingerprint density at radius 3 is 2.04 bits per heavy atom. The van der Waals surface area contributed by atoms with Crippen LogP contribution >= 0.6 is 0 Å². The van der Waals surface area contributed by atoms with E-state index in [0.717, 1.165) is 32.2 Å². The number of nitrogens with one attached hydrogen (secondary N) is 3. The summed E-state index contributed by atoms with van der Waals surface area (Å²) in [6.45, 7) is 4.00. The summed E-state index contributed by atoms with van der Waals surface area (Å²) in [5, 5.41) is 8.33. The zero-order valence-electron chi connectivity index (χ0n) is 14.5. The number of rotatable bonds is 11. The summed E-state index contributed by atoms with van der Waals surface area (Å²) in [7, 11) is 0. The number of benzene rings is 1. The minimum Gasteiger partial charge on any atom is -0.410 e. The summed E-state index contributed by atoms with van der Waals surface area (Å²) in [5.74, 6) is 0.521. The van der Waals surface area contributed by atoms with E-state index in [-0.39, 0.29) is 6.03 Å². The first-order chi connectivity index (χ1) is 11.7. The molecule has 3 amide bonds. The molecule has 134 valence electrons. The fourth-order valence-electron chi connectivity index (χ4n) is 2.09. The van der Waals surface area contributed by atoms with Crippen LogP contribution in [0.2, 0.25) is 0 Å². The molecule has 0 spiro atoms. The largest absolute Gasteiger partial charge is 0.412 e. The van der Waals surface area contributed by atoms with Crippen LogP contribution < -0.4 is 20.7 Å². The van der Waals surface area contributed by atoms with Gasteiger partial charge in [0.15, 0.2) is 0 Å². The van der Waals surface area contributed by atoms with E-state index in [1.165, 1.54) is 12.8 Å². The number of carbonyl (C=O) groups is 2. The van der Waals surface area contributed by atoms with Gasteiger partial charge >= 0.3 is 12.1 Å². The summed E-state index contributed by atoms with van der Waals surface area (Å²) in [5.41, 5.74) is 0. The first kappa shape index (κ1) is 19.8. The van der Waals surface area contributed by atoms with Gasteiger partial charge in [-0.15, -0.1) is 0 Å². The van der Waals surface area contributed by atoms with Crippen molar-refractivity contribution in [2.45, 2.75) is 45.4 Å². The first-order valence-electron chi connectivity index (χ1n) is 8.74. The third kappa shape index (κ3) is 10.5. The number of hydrogen-bond donors (Lipinski definition) is 3. The molecule has 0 saturated heterocycles. The Bertz CT molecular complexity index is 466. The Labute approximate surface area is 144 Å². The van der Waals surface area contributed by atoms with Gasteiger partial charge in [0.2, 0.25) is 0 Å². The normalized spacial score (nSPS) is 10.0. The van der Waals surface area contributed by atoms with E-state index in [0.29, 0.717) is 18.8 Å². The molecule has 0 radical (unpaired) electrons. The van der Waals surface area contributed by atoms with Crippen LogP contribution in [0.15, 0.2) is 30.3 Å². The molecule has 0 bridgehead atoms. The minimum absolute atomic E-state index is 0.122. The Kier molecular flexibility index (Phi) is 10.9. The standard InChI is InChI=1S/C18H29N3O3/c1-2-3-4-8-13-19-17(22)20-14-9-10-15-21-18(23)24-16-11-6-5-7-12-16/h5-7,11-12H,2-4,8-10,13-15H2,1H3,(H,21,23)(H2,19,20,22). The van der Waals surface area contributed by atoms with Crippen LogP contribution in [0.25, 0.3) is 0 Å². The second kappa shape index (κ2) is 13.2. The average molecular weight is 335 g/mol. The Hall–Kier alpha value is -2.24. The first-order valence-corrected chi connectivity index (χ1v) is 8.74. The smallest absolute Gasteiger partial charge is 0.410 e.